The number of ether oxygens (including phenoxy) is 1. The molecule has 2 nitrogen and oxygen atoms in total. The van der Waals surface area contributed by atoms with Crippen LogP contribution in [0.1, 0.15) is 11.1 Å². The van der Waals surface area contributed by atoms with Gasteiger partial charge in [0.2, 0.25) is 0 Å². The fraction of sp³-hybridized carbons (Fsp3) is 0.200. The van der Waals surface area contributed by atoms with Gasteiger partial charge in [0, 0.05) is 13.1 Å². The molecule has 0 atom stereocenters. The molecule has 0 aromatic heterocycles. The van der Waals surface area contributed by atoms with E-state index in [2.05, 4.69) is 5.32 Å². The molecule has 0 unspecified atom stereocenters. The van der Waals surface area contributed by atoms with Gasteiger partial charge in [-0.25, -0.2) is 4.39 Å². The van der Waals surface area contributed by atoms with Gasteiger partial charge < -0.3 is 10.1 Å². The smallest absolute Gasteiger partial charge is 0.141 e. The Morgan fingerprint density at radius 1 is 1.11 bits per heavy atom. The van der Waals surface area contributed by atoms with Gasteiger partial charge in [-0.15, -0.1) is 0 Å². The molecule has 0 fully saturated rings. The molecule has 4 heteroatoms. The zero-order valence-corrected chi connectivity index (χ0v) is 11.4. The van der Waals surface area contributed by atoms with Gasteiger partial charge in [-0.2, -0.15) is 0 Å². The molecule has 0 radical (unpaired) electrons. The first-order chi connectivity index (χ1) is 9.19. The van der Waals surface area contributed by atoms with E-state index in [1.807, 2.05) is 24.3 Å². The SMILES string of the molecule is COc1cccc(CNCc2ccc(F)c(Cl)c2)c1. The number of nitrogens with one attached hydrogen (secondary N) is 1. The van der Waals surface area contributed by atoms with Crippen molar-refractivity contribution in [3.63, 3.8) is 0 Å². The Morgan fingerprint density at radius 3 is 2.53 bits per heavy atom. The molecule has 100 valence electrons. The maximum atomic E-state index is 13.0. The quantitative estimate of drug-likeness (QED) is 0.899. The summed E-state index contributed by atoms with van der Waals surface area (Å²) in [4.78, 5) is 0. The number of benzene rings is 2. The lowest BCUT2D eigenvalue weighted by Gasteiger charge is -2.07. The van der Waals surface area contributed by atoms with E-state index >= 15 is 0 Å². The monoisotopic (exact) mass is 279 g/mol. The van der Waals surface area contributed by atoms with Crippen molar-refractivity contribution in [1.29, 1.82) is 0 Å². The molecule has 0 amide bonds. The third kappa shape index (κ3) is 3.94. The highest BCUT2D eigenvalue weighted by atomic mass is 35.5. The zero-order chi connectivity index (χ0) is 13.7. The summed E-state index contributed by atoms with van der Waals surface area (Å²) in [5.74, 6) is 0.447. The van der Waals surface area contributed by atoms with Gasteiger partial charge in [-0.3, -0.25) is 0 Å². The van der Waals surface area contributed by atoms with Gasteiger partial charge in [-0.05, 0) is 35.4 Å². The van der Waals surface area contributed by atoms with Gasteiger partial charge in [0.1, 0.15) is 11.6 Å². The van der Waals surface area contributed by atoms with Crippen LogP contribution >= 0.6 is 11.6 Å². The Kier molecular flexibility index (Phi) is 4.77. The average molecular weight is 280 g/mol. The summed E-state index contributed by atoms with van der Waals surface area (Å²) in [7, 11) is 1.65. The van der Waals surface area contributed by atoms with Gasteiger partial charge in [0.15, 0.2) is 0 Å². The second-order valence-electron chi connectivity index (χ2n) is 4.20. The van der Waals surface area contributed by atoms with Gasteiger partial charge >= 0.3 is 0 Å². The van der Waals surface area contributed by atoms with Crippen LogP contribution in [0, 0.1) is 5.82 Å². The van der Waals surface area contributed by atoms with Crippen LogP contribution in [0.25, 0.3) is 0 Å². The fourth-order valence-corrected chi connectivity index (χ4v) is 1.99. The van der Waals surface area contributed by atoms with Crippen molar-refractivity contribution < 1.29 is 9.13 Å². The molecule has 19 heavy (non-hydrogen) atoms. The van der Waals surface area contributed by atoms with E-state index in [1.54, 1.807) is 19.2 Å². The minimum atomic E-state index is -0.391. The molecule has 0 spiro atoms. The molecule has 0 bridgehead atoms. The number of methoxy groups -OCH3 is 1. The highest BCUT2D eigenvalue weighted by molar-refractivity contribution is 6.30. The van der Waals surface area contributed by atoms with Crippen LogP contribution in [0.5, 0.6) is 5.75 Å². The number of rotatable bonds is 5. The van der Waals surface area contributed by atoms with Gasteiger partial charge in [0.05, 0.1) is 12.1 Å². The average Bonchev–Trinajstić information content (AvgIpc) is 2.43. The highest BCUT2D eigenvalue weighted by Crippen LogP contribution is 2.16. The maximum Gasteiger partial charge on any atom is 0.141 e. The minimum absolute atomic E-state index is 0.153. The third-order valence-corrected chi connectivity index (χ3v) is 3.07. The Bertz CT molecular complexity index is 560. The summed E-state index contributed by atoms with van der Waals surface area (Å²) in [6, 6.07) is 12.6. The molecule has 0 heterocycles. The molecular weight excluding hydrogens is 265 g/mol. The van der Waals surface area contributed by atoms with Crippen LogP contribution in [0.3, 0.4) is 0 Å². The van der Waals surface area contributed by atoms with E-state index in [1.165, 1.54) is 6.07 Å². The molecule has 2 rings (SSSR count). The van der Waals surface area contributed by atoms with Crippen LogP contribution in [-0.4, -0.2) is 7.11 Å². The van der Waals surface area contributed by atoms with Crippen LogP contribution in [0.15, 0.2) is 42.5 Å². The lowest BCUT2D eigenvalue weighted by Crippen LogP contribution is -2.12. The molecule has 2 aromatic carbocycles. The maximum absolute atomic E-state index is 13.0. The van der Waals surface area contributed by atoms with E-state index in [-0.39, 0.29) is 5.02 Å². The van der Waals surface area contributed by atoms with E-state index in [4.69, 9.17) is 16.3 Å². The standard InChI is InChI=1S/C15H15ClFNO/c1-19-13-4-2-3-11(7-13)9-18-10-12-5-6-15(17)14(16)8-12/h2-8,18H,9-10H2,1H3. The topological polar surface area (TPSA) is 21.3 Å². The Labute approximate surface area is 117 Å². The van der Waals surface area contributed by atoms with Crippen molar-refractivity contribution >= 4 is 11.6 Å². The number of halogens is 2. The van der Waals surface area contributed by atoms with Crippen molar-refractivity contribution in [3.8, 4) is 5.75 Å². The summed E-state index contributed by atoms with van der Waals surface area (Å²) in [6.45, 7) is 1.35. The van der Waals surface area contributed by atoms with Crippen LogP contribution in [0.2, 0.25) is 5.02 Å². The van der Waals surface area contributed by atoms with E-state index < -0.39 is 5.82 Å². The Hall–Kier alpha value is -1.58. The zero-order valence-electron chi connectivity index (χ0n) is 10.6. The van der Waals surface area contributed by atoms with Gasteiger partial charge in [0.25, 0.3) is 0 Å². The number of hydrogen-bond acceptors (Lipinski definition) is 2. The summed E-state index contributed by atoms with van der Waals surface area (Å²) in [6.07, 6.45) is 0. The first-order valence-electron chi connectivity index (χ1n) is 5.96. The summed E-state index contributed by atoms with van der Waals surface area (Å²) in [5.41, 5.74) is 2.09. The van der Waals surface area contributed by atoms with E-state index in [0.29, 0.717) is 13.1 Å². The van der Waals surface area contributed by atoms with Crippen molar-refractivity contribution in [2.24, 2.45) is 0 Å². The first-order valence-corrected chi connectivity index (χ1v) is 6.34. The molecule has 0 aliphatic carbocycles. The summed E-state index contributed by atoms with van der Waals surface area (Å²) in [5, 5.41) is 3.43. The minimum Gasteiger partial charge on any atom is -0.497 e. The van der Waals surface area contributed by atoms with Gasteiger partial charge in [-0.1, -0.05) is 29.8 Å². The predicted octanol–water partition coefficient (Wildman–Crippen LogP) is 3.78. The van der Waals surface area contributed by atoms with E-state index in [9.17, 15) is 4.39 Å². The second kappa shape index (κ2) is 6.55. The van der Waals surface area contributed by atoms with Crippen molar-refractivity contribution in [3.05, 3.63) is 64.4 Å². The third-order valence-electron chi connectivity index (χ3n) is 2.78. The van der Waals surface area contributed by atoms with Crippen molar-refractivity contribution in [2.75, 3.05) is 7.11 Å². The summed E-state index contributed by atoms with van der Waals surface area (Å²) >= 11 is 5.73. The van der Waals surface area contributed by atoms with Crippen molar-refractivity contribution in [1.82, 2.24) is 5.32 Å². The highest BCUT2D eigenvalue weighted by Gasteiger charge is 2.01. The predicted molar refractivity (Wildman–Crippen MR) is 74.9 cm³/mol. The fourth-order valence-electron chi connectivity index (χ4n) is 1.78. The molecule has 1 N–H and O–H groups in total. The number of hydrogen-bond donors (Lipinski definition) is 1. The molecular formula is C15H15ClFNO. The molecule has 2 aromatic rings. The molecule has 0 saturated heterocycles. The van der Waals surface area contributed by atoms with Crippen molar-refractivity contribution in [2.45, 2.75) is 13.1 Å². The van der Waals surface area contributed by atoms with Crippen LogP contribution in [0.4, 0.5) is 4.39 Å². The lowest BCUT2D eigenvalue weighted by molar-refractivity contribution is 0.414. The van der Waals surface area contributed by atoms with Crippen LogP contribution in [-0.2, 0) is 13.1 Å². The lowest BCUT2D eigenvalue weighted by atomic mass is 10.2. The normalized spacial score (nSPS) is 10.5. The largest absolute Gasteiger partial charge is 0.497 e. The van der Waals surface area contributed by atoms with E-state index in [0.717, 1.165) is 16.9 Å². The van der Waals surface area contributed by atoms with Crippen LogP contribution < -0.4 is 10.1 Å². The Morgan fingerprint density at radius 2 is 1.84 bits per heavy atom. The molecule has 0 aliphatic rings. The Balaban J connectivity index is 1.90. The summed E-state index contributed by atoms with van der Waals surface area (Å²) < 4.78 is 18.2. The first kappa shape index (κ1) is 13.8. The second-order valence-corrected chi connectivity index (χ2v) is 4.61. The molecule has 0 saturated carbocycles. The molecule has 0 aliphatic heterocycles.